The van der Waals surface area contributed by atoms with E-state index in [2.05, 4.69) is 26.4 Å². The lowest BCUT2D eigenvalue weighted by atomic mass is 9.73. The van der Waals surface area contributed by atoms with Crippen LogP contribution in [0.5, 0.6) is 0 Å². The van der Waals surface area contributed by atoms with Gasteiger partial charge in [0.2, 0.25) is 0 Å². The SMILES string of the molecule is NCC1(c2cccc(Cl)c2)CCN(c2ncnc(N)c2NN)CC1. The van der Waals surface area contributed by atoms with Gasteiger partial charge in [0.25, 0.3) is 0 Å². The maximum absolute atomic E-state index is 6.16. The van der Waals surface area contributed by atoms with Gasteiger partial charge in [-0.25, -0.2) is 9.97 Å². The molecule has 1 saturated heterocycles. The molecule has 8 heteroatoms. The lowest BCUT2D eigenvalue weighted by Gasteiger charge is -2.42. The smallest absolute Gasteiger partial charge is 0.159 e. The first-order chi connectivity index (χ1) is 11.6. The number of nitrogens with zero attached hydrogens (tertiary/aromatic N) is 3. The lowest BCUT2D eigenvalue weighted by molar-refractivity contribution is 0.339. The van der Waals surface area contributed by atoms with Gasteiger partial charge in [-0.3, -0.25) is 5.84 Å². The van der Waals surface area contributed by atoms with Crippen LogP contribution in [0.25, 0.3) is 0 Å². The van der Waals surface area contributed by atoms with E-state index >= 15 is 0 Å². The molecular formula is C16H22ClN7. The third kappa shape index (κ3) is 2.98. The van der Waals surface area contributed by atoms with Crippen molar-refractivity contribution in [1.29, 1.82) is 0 Å². The van der Waals surface area contributed by atoms with Gasteiger partial charge in [0.15, 0.2) is 11.6 Å². The summed E-state index contributed by atoms with van der Waals surface area (Å²) in [6.07, 6.45) is 3.25. The van der Waals surface area contributed by atoms with Gasteiger partial charge in [-0.1, -0.05) is 23.7 Å². The number of nitrogens with two attached hydrogens (primary N) is 3. The molecule has 0 bridgehead atoms. The molecule has 0 amide bonds. The summed E-state index contributed by atoms with van der Waals surface area (Å²) in [5.74, 6) is 6.64. The van der Waals surface area contributed by atoms with Crippen molar-refractivity contribution in [3.63, 3.8) is 0 Å². The molecular weight excluding hydrogens is 326 g/mol. The Morgan fingerprint density at radius 1 is 1.25 bits per heavy atom. The van der Waals surface area contributed by atoms with E-state index in [0.717, 1.165) is 36.8 Å². The summed E-state index contributed by atoms with van der Waals surface area (Å²) >= 11 is 6.16. The highest BCUT2D eigenvalue weighted by atomic mass is 35.5. The van der Waals surface area contributed by atoms with Crippen molar-refractivity contribution < 1.29 is 0 Å². The van der Waals surface area contributed by atoms with E-state index in [1.54, 1.807) is 0 Å². The predicted octanol–water partition coefficient (Wildman–Crippen LogP) is 1.49. The van der Waals surface area contributed by atoms with E-state index < -0.39 is 0 Å². The molecule has 0 aliphatic carbocycles. The van der Waals surface area contributed by atoms with Gasteiger partial charge in [-0.15, -0.1) is 0 Å². The molecule has 24 heavy (non-hydrogen) atoms. The molecule has 0 saturated carbocycles. The zero-order valence-electron chi connectivity index (χ0n) is 13.4. The summed E-state index contributed by atoms with van der Waals surface area (Å²) in [6, 6.07) is 7.97. The van der Waals surface area contributed by atoms with E-state index in [1.807, 2.05) is 18.2 Å². The summed E-state index contributed by atoms with van der Waals surface area (Å²) in [7, 11) is 0. The molecule has 128 valence electrons. The first-order valence-corrected chi connectivity index (χ1v) is 8.25. The van der Waals surface area contributed by atoms with Gasteiger partial charge in [0, 0.05) is 30.1 Å². The van der Waals surface area contributed by atoms with Crippen molar-refractivity contribution in [2.24, 2.45) is 11.6 Å². The van der Waals surface area contributed by atoms with E-state index in [0.29, 0.717) is 18.1 Å². The molecule has 0 atom stereocenters. The van der Waals surface area contributed by atoms with Gasteiger partial charge >= 0.3 is 0 Å². The number of rotatable bonds is 4. The largest absolute Gasteiger partial charge is 0.382 e. The van der Waals surface area contributed by atoms with Gasteiger partial charge in [0.05, 0.1) is 0 Å². The zero-order chi connectivity index (χ0) is 17.2. The third-order valence-corrected chi connectivity index (χ3v) is 5.08. The summed E-state index contributed by atoms with van der Waals surface area (Å²) in [6.45, 7) is 2.18. The Bertz CT molecular complexity index is 713. The summed E-state index contributed by atoms with van der Waals surface area (Å²) < 4.78 is 0. The number of nitrogen functional groups attached to an aromatic ring is 2. The number of hydrogen-bond donors (Lipinski definition) is 4. The molecule has 7 nitrogen and oxygen atoms in total. The summed E-state index contributed by atoms with van der Waals surface area (Å²) in [5.41, 5.74) is 16.3. The van der Waals surface area contributed by atoms with Gasteiger partial charge < -0.3 is 21.8 Å². The average molecular weight is 348 g/mol. The fraction of sp³-hybridized carbons (Fsp3) is 0.375. The molecule has 2 aromatic rings. The van der Waals surface area contributed by atoms with Crippen molar-refractivity contribution in [3.05, 3.63) is 41.2 Å². The molecule has 1 aliphatic heterocycles. The molecule has 3 rings (SSSR count). The highest BCUT2D eigenvalue weighted by Crippen LogP contribution is 2.38. The molecule has 1 aromatic heterocycles. The second-order valence-corrected chi connectivity index (χ2v) is 6.52. The Balaban J connectivity index is 1.83. The van der Waals surface area contributed by atoms with Gasteiger partial charge in [0.1, 0.15) is 12.0 Å². The molecule has 0 spiro atoms. The van der Waals surface area contributed by atoms with Crippen LogP contribution in [0.4, 0.5) is 17.3 Å². The van der Waals surface area contributed by atoms with E-state index in [1.165, 1.54) is 11.9 Å². The van der Waals surface area contributed by atoms with Crippen LogP contribution in [-0.2, 0) is 5.41 Å². The van der Waals surface area contributed by atoms with Crippen LogP contribution in [-0.4, -0.2) is 29.6 Å². The second kappa shape index (κ2) is 6.80. The number of hydrazine groups is 1. The van der Waals surface area contributed by atoms with Crippen LogP contribution in [0.1, 0.15) is 18.4 Å². The zero-order valence-corrected chi connectivity index (χ0v) is 14.1. The quantitative estimate of drug-likeness (QED) is 0.488. The van der Waals surface area contributed by atoms with Crippen molar-refractivity contribution >= 4 is 28.9 Å². The molecule has 1 fully saturated rings. The summed E-state index contributed by atoms with van der Waals surface area (Å²) in [4.78, 5) is 10.5. The minimum absolute atomic E-state index is 0.0731. The number of nitrogens with one attached hydrogen (secondary N) is 1. The maximum atomic E-state index is 6.16. The van der Waals surface area contributed by atoms with Crippen molar-refractivity contribution in [1.82, 2.24) is 9.97 Å². The van der Waals surface area contributed by atoms with Crippen molar-refractivity contribution in [2.45, 2.75) is 18.3 Å². The second-order valence-electron chi connectivity index (χ2n) is 6.08. The molecule has 1 aromatic carbocycles. The molecule has 7 N–H and O–H groups in total. The monoisotopic (exact) mass is 347 g/mol. The Morgan fingerprint density at radius 3 is 2.62 bits per heavy atom. The number of benzene rings is 1. The van der Waals surface area contributed by atoms with Crippen LogP contribution in [0.2, 0.25) is 5.02 Å². The first-order valence-electron chi connectivity index (χ1n) is 7.88. The highest BCUT2D eigenvalue weighted by Gasteiger charge is 2.36. The van der Waals surface area contributed by atoms with Crippen molar-refractivity contribution in [3.8, 4) is 0 Å². The number of anilines is 3. The van der Waals surface area contributed by atoms with E-state index in [-0.39, 0.29) is 5.41 Å². The Labute approximate surface area is 146 Å². The van der Waals surface area contributed by atoms with Crippen LogP contribution in [0.3, 0.4) is 0 Å². The fourth-order valence-corrected chi connectivity index (χ4v) is 3.53. The maximum Gasteiger partial charge on any atom is 0.159 e. The number of aromatic nitrogens is 2. The van der Waals surface area contributed by atoms with Crippen LogP contribution < -0.4 is 27.6 Å². The predicted molar refractivity (Wildman–Crippen MR) is 97.9 cm³/mol. The molecule has 1 aliphatic rings. The van der Waals surface area contributed by atoms with Crippen molar-refractivity contribution in [2.75, 3.05) is 35.7 Å². The van der Waals surface area contributed by atoms with E-state index in [4.69, 9.17) is 28.9 Å². The fourth-order valence-electron chi connectivity index (χ4n) is 3.34. The van der Waals surface area contributed by atoms with Crippen LogP contribution >= 0.6 is 11.6 Å². The number of halogens is 1. The average Bonchev–Trinajstić information content (AvgIpc) is 2.61. The van der Waals surface area contributed by atoms with Gasteiger partial charge in [-0.2, -0.15) is 0 Å². The number of piperidine rings is 1. The minimum Gasteiger partial charge on any atom is -0.382 e. The lowest BCUT2D eigenvalue weighted by Crippen LogP contribution is -2.47. The normalized spacial score (nSPS) is 16.9. The Morgan fingerprint density at radius 2 is 2.00 bits per heavy atom. The highest BCUT2D eigenvalue weighted by molar-refractivity contribution is 6.30. The third-order valence-electron chi connectivity index (χ3n) is 4.85. The molecule has 0 unspecified atom stereocenters. The standard InChI is InChI=1S/C16H22ClN7/c17-12-3-1-2-11(8-12)16(9-18)4-6-24(7-5-16)15-13(23-20)14(19)21-10-22-15/h1-3,8,10,23H,4-7,9,18,20H2,(H2,19,21,22). The molecule has 2 heterocycles. The minimum atomic E-state index is -0.0731. The van der Waals surface area contributed by atoms with Gasteiger partial charge in [-0.05, 0) is 30.5 Å². The Kier molecular flexibility index (Phi) is 4.75. The first kappa shape index (κ1) is 16.8. The Hall–Kier alpha value is -2.09. The number of hydrogen-bond acceptors (Lipinski definition) is 7. The summed E-state index contributed by atoms with van der Waals surface area (Å²) in [5, 5.41) is 0.737. The van der Waals surface area contributed by atoms with Crippen LogP contribution in [0.15, 0.2) is 30.6 Å². The van der Waals surface area contributed by atoms with E-state index in [9.17, 15) is 0 Å². The molecule has 0 radical (unpaired) electrons. The topological polar surface area (TPSA) is 119 Å². The van der Waals surface area contributed by atoms with Crippen LogP contribution in [0, 0.1) is 0 Å².